The van der Waals surface area contributed by atoms with Gasteiger partial charge in [-0.1, -0.05) is 54.6 Å². The molecule has 0 unspecified atom stereocenters. The van der Waals surface area contributed by atoms with E-state index >= 15 is 0 Å². The molecule has 1 N–H and O–H groups in total. The predicted octanol–water partition coefficient (Wildman–Crippen LogP) is 4.64. The van der Waals surface area contributed by atoms with Crippen LogP contribution in [0.4, 0.5) is 13.2 Å². The lowest BCUT2D eigenvalue weighted by atomic mass is 10.0. The molecule has 0 aliphatic heterocycles. The van der Waals surface area contributed by atoms with Crippen molar-refractivity contribution in [3.8, 4) is 5.75 Å². The summed E-state index contributed by atoms with van der Waals surface area (Å²) in [6.45, 7) is -1.03. The van der Waals surface area contributed by atoms with Gasteiger partial charge in [0.2, 0.25) is 5.91 Å². The number of rotatable bonds is 6. The number of ether oxygens (including phenoxy) is 1. The summed E-state index contributed by atoms with van der Waals surface area (Å²) in [6, 6.07) is 19.9. The molecule has 3 aromatic rings. The van der Waals surface area contributed by atoms with Gasteiger partial charge in [0.15, 0.2) is 6.61 Å². The molecular weight excluding hydrogens is 355 g/mol. The van der Waals surface area contributed by atoms with E-state index < -0.39 is 12.8 Å². The average molecular weight is 373 g/mol. The molecule has 0 aliphatic rings. The van der Waals surface area contributed by atoms with Crippen LogP contribution in [0.1, 0.15) is 11.1 Å². The van der Waals surface area contributed by atoms with Crippen LogP contribution in [0, 0.1) is 0 Å². The van der Waals surface area contributed by atoms with E-state index in [1.165, 1.54) is 12.1 Å². The zero-order valence-electron chi connectivity index (χ0n) is 14.4. The molecule has 0 spiro atoms. The maximum atomic E-state index is 12.2. The van der Waals surface area contributed by atoms with Crippen LogP contribution in [0.25, 0.3) is 10.8 Å². The quantitative estimate of drug-likeness (QED) is 0.684. The van der Waals surface area contributed by atoms with Crippen LogP contribution in [-0.2, 0) is 17.8 Å². The van der Waals surface area contributed by atoms with Crippen LogP contribution >= 0.6 is 0 Å². The van der Waals surface area contributed by atoms with Crippen LogP contribution in [0.15, 0.2) is 66.7 Å². The molecule has 0 bridgehead atoms. The molecule has 0 saturated heterocycles. The summed E-state index contributed by atoms with van der Waals surface area (Å²) < 4.78 is 41.1. The first kappa shape index (κ1) is 18.8. The highest BCUT2D eigenvalue weighted by atomic mass is 19.4. The molecule has 0 heterocycles. The summed E-state index contributed by atoms with van der Waals surface area (Å²) >= 11 is 0. The molecular formula is C21H18F3NO2. The van der Waals surface area contributed by atoms with Gasteiger partial charge in [-0.15, -0.1) is 0 Å². The summed E-state index contributed by atoms with van der Waals surface area (Å²) in [6.07, 6.45) is -4.11. The average Bonchev–Trinajstić information content (AvgIpc) is 2.65. The van der Waals surface area contributed by atoms with Gasteiger partial charge in [-0.05, 0) is 34.0 Å². The number of benzene rings is 3. The minimum atomic E-state index is -4.37. The van der Waals surface area contributed by atoms with E-state index in [4.69, 9.17) is 0 Å². The summed E-state index contributed by atoms with van der Waals surface area (Å²) in [5.74, 6) is 0.0157. The highest BCUT2D eigenvalue weighted by molar-refractivity contribution is 5.90. The Balaban J connectivity index is 1.54. The summed E-state index contributed by atoms with van der Waals surface area (Å²) in [4.78, 5) is 12.2. The molecule has 0 aliphatic carbocycles. The zero-order valence-corrected chi connectivity index (χ0v) is 14.4. The molecule has 0 saturated carbocycles. The lowest BCUT2D eigenvalue weighted by Gasteiger charge is -2.10. The Morgan fingerprint density at radius 2 is 1.63 bits per heavy atom. The van der Waals surface area contributed by atoms with Crippen LogP contribution in [0.5, 0.6) is 5.75 Å². The van der Waals surface area contributed by atoms with Crippen molar-refractivity contribution in [1.82, 2.24) is 5.32 Å². The number of halogens is 3. The molecule has 6 heteroatoms. The van der Waals surface area contributed by atoms with Crippen LogP contribution in [-0.4, -0.2) is 18.7 Å². The van der Waals surface area contributed by atoms with Gasteiger partial charge in [-0.2, -0.15) is 13.2 Å². The zero-order chi connectivity index (χ0) is 19.3. The Labute approximate surface area is 154 Å². The second-order valence-electron chi connectivity index (χ2n) is 6.14. The molecule has 0 radical (unpaired) electrons. The van der Waals surface area contributed by atoms with Crippen molar-refractivity contribution >= 4 is 16.7 Å². The number of alkyl halides is 3. The van der Waals surface area contributed by atoms with Crippen molar-refractivity contribution in [2.45, 2.75) is 19.1 Å². The smallest absolute Gasteiger partial charge is 0.422 e. The van der Waals surface area contributed by atoms with Crippen molar-refractivity contribution in [2.24, 2.45) is 0 Å². The Hall–Kier alpha value is -3.02. The fourth-order valence-corrected chi connectivity index (χ4v) is 2.75. The molecule has 1 amide bonds. The van der Waals surface area contributed by atoms with Gasteiger partial charge >= 0.3 is 6.18 Å². The van der Waals surface area contributed by atoms with Crippen molar-refractivity contribution in [2.75, 3.05) is 6.61 Å². The van der Waals surface area contributed by atoms with Crippen molar-refractivity contribution in [1.29, 1.82) is 0 Å². The molecule has 0 atom stereocenters. The minimum Gasteiger partial charge on any atom is -0.484 e. The highest BCUT2D eigenvalue weighted by Gasteiger charge is 2.28. The van der Waals surface area contributed by atoms with Gasteiger partial charge in [-0.3, -0.25) is 4.79 Å². The van der Waals surface area contributed by atoms with Gasteiger partial charge < -0.3 is 10.1 Å². The molecule has 3 aromatic carbocycles. The van der Waals surface area contributed by atoms with Gasteiger partial charge in [0.05, 0.1) is 6.42 Å². The van der Waals surface area contributed by atoms with Crippen LogP contribution < -0.4 is 10.1 Å². The monoisotopic (exact) mass is 373 g/mol. The Kier molecular flexibility index (Phi) is 5.64. The SMILES string of the molecule is O=C(Cc1cccc2ccccc12)NCc1ccc(OCC(F)(F)F)cc1. The summed E-state index contributed by atoms with van der Waals surface area (Å²) in [5, 5.41) is 4.95. The fourth-order valence-electron chi connectivity index (χ4n) is 2.75. The minimum absolute atomic E-state index is 0.122. The third-order valence-corrected chi connectivity index (χ3v) is 4.05. The summed E-state index contributed by atoms with van der Waals surface area (Å²) in [7, 11) is 0. The maximum Gasteiger partial charge on any atom is 0.422 e. The van der Waals surface area contributed by atoms with E-state index in [9.17, 15) is 18.0 Å². The number of hydrogen-bond acceptors (Lipinski definition) is 2. The molecule has 3 rings (SSSR count). The number of carbonyl (C=O) groups is 1. The van der Waals surface area contributed by atoms with Gasteiger partial charge in [0.1, 0.15) is 5.75 Å². The lowest BCUT2D eigenvalue weighted by molar-refractivity contribution is -0.153. The van der Waals surface area contributed by atoms with Gasteiger partial charge in [0.25, 0.3) is 0 Å². The van der Waals surface area contributed by atoms with E-state index in [0.29, 0.717) is 6.54 Å². The number of carbonyl (C=O) groups excluding carboxylic acids is 1. The lowest BCUT2D eigenvalue weighted by Crippen LogP contribution is -2.24. The highest BCUT2D eigenvalue weighted by Crippen LogP contribution is 2.20. The van der Waals surface area contributed by atoms with Crippen LogP contribution in [0.2, 0.25) is 0 Å². The van der Waals surface area contributed by atoms with E-state index in [0.717, 1.165) is 21.9 Å². The van der Waals surface area contributed by atoms with Crippen molar-refractivity contribution in [3.05, 3.63) is 77.9 Å². The normalized spacial score (nSPS) is 11.4. The Morgan fingerprint density at radius 1 is 0.926 bits per heavy atom. The van der Waals surface area contributed by atoms with E-state index in [-0.39, 0.29) is 18.1 Å². The molecule has 140 valence electrons. The third-order valence-electron chi connectivity index (χ3n) is 4.05. The Morgan fingerprint density at radius 3 is 2.37 bits per heavy atom. The topological polar surface area (TPSA) is 38.3 Å². The number of nitrogens with one attached hydrogen (secondary N) is 1. The standard InChI is InChI=1S/C21H18F3NO2/c22-21(23,24)14-27-18-10-8-15(9-11-18)13-25-20(26)12-17-6-3-5-16-4-1-2-7-19(16)17/h1-11H,12-14H2,(H,25,26). The molecule has 0 aromatic heterocycles. The van der Waals surface area contributed by atoms with Crippen LogP contribution in [0.3, 0.4) is 0 Å². The second-order valence-corrected chi connectivity index (χ2v) is 6.14. The molecule has 0 fully saturated rings. The van der Waals surface area contributed by atoms with Crippen molar-refractivity contribution in [3.63, 3.8) is 0 Å². The van der Waals surface area contributed by atoms with Gasteiger partial charge in [-0.25, -0.2) is 0 Å². The summed E-state index contributed by atoms with van der Waals surface area (Å²) in [5.41, 5.74) is 1.72. The first-order valence-corrected chi connectivity index (χ1v) is 8.42. The number of amides is 1. The van der Waals surface area contributed by atoms with E-state index in [2.05, 4.69) is 10.1 Å². The first-order chi connectivity index (χ1) is 12.9. The maximum absolute atomic E-state index is 12.2. The van der Waals surface area contributed by atoms with Crippen molar-refractivity contribution < 1.29 is 22.7 Å². The fraction of sp³-hybridized carbons (Fsp3) is 0.190. The molecule has 27 heavy (non-hydrogen) atoms. The van der Waals surface area contributed by atoms with Gasteiger partial charge in [0, 0.05) is 6.54 Å². The number of hydrogen-bond donors (Lipinski definition) is 1. The Bertz CT molecular complexity index is 915. The third kappa shape index (κ3) is 5.48. The second kappa shape index (κ2) is 8.12. The first-order valence-electron chi connectivity index (χ1n) is 8.42. The largest absolute Gasteiger partial charge is 0.484 e. The molecule has 3 nitrogen and oxygen atoms in total. The van der Waals surface area contributed by atoms with E-state index in [1.807, 2.05) is 42.5 Å². The number of fused-ring (bicyclic) bond motifs is 1. The predicted molar refractivity (Wildman–Crippen MR) is 97.5 cm³/mol. The van der Waals surface area contributed by atoms with E-state index in [1.54, 1.807) is 12.1 Å².